The molecule has 2 aromatic carbocycles. The van der Waals surface area contributed by atoms with Gasteiger partial charge in [-0.3, -0.25) is 9.10 Å². The number of hydrogen-bond donors (Lipinski definition) is 1. The van der Waals surface area contributed by atoms with Gasteiger partial charge in [0.2, 0.25) is 10.0 Å². The molecule has 2 heterocycles. The van der Waals surface area contributed by atoms with Crippen LogP contribution in [0, 0.1) is 0 Å². The number of cyclic esters (lactones) is 1. The second-order valence-corrected chi connectivity index (χ2v) is 12.3. The summed E-state index contributed by atoms with van der Waals surface area (Å²) in [5, 5.41) is 0. The molecule has 0 saturated heterocycles. The number of nitrogens with zero attached hydrogens (tertiary/aromatic N) is 3. The number of benzene rings is 2. The highest BCUT2D eigenvalue weighted by Gasteiger charge is 2.31. The predicted molar refractivity (Wildman–Crippen MR) is 150 cm³/mol. The number of anilines is 2. The average molecular weight is 537 g/mol. The minimum Gasteiger partial charge on any atom is -0.459 e. The van der Waals surface area contributed by atoms with E-state index in [1.807, 2.05) is 36.4 Å². The van der Waals surface area contributed by atoms with Gasteiger partial charge in [0, 0.05) is 26.6 Å². The number of nitrogens with two attached hydrogens (primary N) is 1. The number of sulfonamides is 1. The number of esters is 1. The highest BCUT2D eigenvalue weighted by Crippen LogP contribution is 2.25. The highest BCUT2D eigenvalue weighted by atomic mass is 32.2. The van der Waals surface area contributed by atoms with Crippen molar-refractivity contribution in [3.8, 4) is 0 Å². The molecule has 0 spiro atoms. The monoisotopic (exact) mass is 536 g/mol. The van der Waals surface area contributed by atoms with Crippen molar-refractivity contribution in [1.82, 2.24) is 4.98 Å². The Kier molecular flexibility index (Phi) is 8.38. The summed E-state index contributed by atoms with van der Waals surface area (Å²) in [6, 6.07) is 21.8. The minimum atomic E-state index is -3.55. The normalized spacial score (nSPS) is 19.1. The Morgan fingerprint density at radius 2 is 1.76 bits per heavy atom. The molecule has 1 atom stereocenters. The standard InChI is InChI=1S/C29H36N4O4S/c1-29(30)19-24-14-9-13-22(16-24)10-7-8-15-33(20-23-11-5-4-6-12-23)27-18-25(21-37-28(29)34)17-26(31-27)32(2)38(3,35)36/h4-6,9,11-14,16-18H,7-8,10,15,19-21,30H2,1-3H3/t29-/m1/s1. The first-order valence-electron chi connectivity index (χ1n) is 12.8. The van der Waals surface area contributed by atoms with Crippen molar-refractivity contribution in [2.24, 2.45) is 5.73 Å². The van der Waals surface area contributed by atoms with Gasteiger partial charge in [0.1, 0.15) is 23.8 Å². The molecule has 3 aromatic rings. The van der Waals surface area contributed by atoms with E-state index in [0.29, 0.717) is 24.3 Å². The third kappa shape index (κ3) is 7.11. The molecule has 202 valence electrons. The lowest BCUT2D eigenvalue weighted by atomic mass is 9.92. The molecule has 0 fully saturated rings. The molecule has 0 saturated carbocycles. The second-order valence-electron chi connectivity index (χ2n) is 10.3. The number of aryl methyl sites for hydroxylation is 1. The molecule has 0 radical (unpaired) electrons. The molecule has 4 rings (SSSR count). The molecule has 0 unspecified atom stereocenters. The van der Waals surface area contributed by atoms with Gasteiger partial charge in [0.15, 0.2) is 0 Å². The van der Waals surface area contributed by atoms with Crippen LogP contribution >= 0.6 is 0 Å². The summed E-state index contributed by atoms with van der Waals surface area (Å²) in [5.74, 6) is 0.366. The summed E-state index contributed by atoms with van der Waals surface area (Å²) in [5.41, 5.74) is 9.14. The van der Waals surface area contributed by atoms with Crippen molar-refractivity contribution < 1.29 is 17.9 Å². The van der Waals surface area contributed by atoms with Crippen LogP contribution in [0.25, 0.3) is 0 Å². The van der Waals surface area contributed by atoms with Gasteiger partial charge < -0.3 is 15.4 Å². The Morgan fingerprint density at radius 3 is 2.50 bits per heavy atom. The average Bonchev–Trinajstić information content (AvgIpc) is 2.88. The van der Waals surface area contributed by atoms with E-state index < -0.39 is 21.5 Å². The first kappa shape index (κ1) is 27.6. The van der Waals surface area contributed by atoms with Crippen LogP contribution in [0.1, 0.15) is 42.0 Å². The van der Waals surface area contributed by atoms with E-state index in [9.17, 15) is 13.2 Å². The molecule has 1 aromatic heterocycles. The summed E-state index contributed by atoms with van der Waals surface area (Å²) >= 11 is 0. The molecular formula is C29H36N4O4S. The quantitative estimate of drug-likeness (QED) is 0.505. The topological polar surface area (TPSA) is 106 Å². The number of carbonyl (C=O) groups is 1. The van der Waals surface area contributed by atoms with Crippen molar-refractivity contribution in [3.63, 3.8) is 0 Å². The van der Waals surface area contributed by atoms with Crippen LogP contribution in [-0.4, -0.2) is 44.8 Å². The predicted octanol–water partition coefficient (Wildman–Crippen LogP) is 3.82. The summed E-state index contributed by atoms with van der Waals surface area (Å²) in [7, 11) is -2.08. The zero-order valence-electron chi connectivity index (χ0n) is 22.3. The Hall–Kier alpha value is -3.43. The van der Waals surface area contributed by atoms with E-state index in [1.165, 1.54) is 12.6 Å². The van der Waals surface area contributed by atoms with Crippen molar-refractivity contribution in [2.45, 2.75) is 51.3 Å². The van der Waals surface area contributed by atoms with Crippen LogP contribution in [0.2, 0.25) is 0 Å². The zero-order valence-corrected chi connectivity index (χ0v) is 23.1. The summed E-state index contributed by atoms with van der Waals surface area (Å²) in [6.45, 7) is 2.96. The zero-order chi connectivity index (χ0) is 27.3. The number of fused-ring (bicyclic) bond motifs is 4. The molecule has 1 aliphatic heterocycles. The molecule has 0 amide bonds. The number of aromatic nitrogens is 1. The van der Waals surface area contributed by atoms with Crippen molar-refractivity contribution in [2.75, 3.05) is 29.1 Å². The van der Waals surface area contributed by atoms with Crippen LogP contribution in [0.4, 0.5) is 11.6 Å². The summed E-state index contributed by atoms with van der Waals surface area (Å²) < 4.78 is 31.5. The lowest BCUT2D eigenvalue weighted by Crippen LogP contribution is -2.48. The van der Waals surface area contributed by atoms with E-state index in [0.717, 1.165) is 47.5 Å². The maximum Gasteiger partial charge on any atom is 0.326 e. The molecule has 2 N–H and O–H groups in total. The number of pyridine rings is 1. The van der Waals surface area contributed by atoms with Crippen LogP contribution in [0.15, 0.2) is 66.7 Å². The number of carbonyl (C=O) groups excluding carboxylic acids is 1. The van der Waals surface area contributed by atoms with Gasteiger partial charge in [0.25, 0.3) is 0 Å². The van der Waals surface area contributed by atoms with E-state index >= 15 is 0 Å². The maximum absolute atomic E-state index is 13.0. The van der Waals surface area contributed by atoms with Crippen molar-refractivity contribution >= 4 is 27.6 Å². The Balaban J connectivity index is 1.74. The van der Waals surface area contributed by atoms with Gasteiger partial charge in [-0.05, 0) is 60.6 Å². The molecule has 9 heteroatoms. The first-order valence-corrected chi connectivity index (χ1v) is 14.6. The van der Waals surface area contributed by atoms with Crippen LogP contribution in [0.3, 0.4) is 0 Å². The van der Waals surface area contributed by atoms with Crippen LogP contribution in [-0.2, 0) is 45.5 Å². The second kappa shape index (κ2) is 11.5. The molecule has 1 aliphatic rings. The molecule has 0 aliphatic carbocycles. The third-order valence-electron chi connectivity index (χ3n) is 6.76. The van der Waals surface area contributed by atoms with Crippen LogP contribution in [0.5, 0.6) is 0 Å². The van der Waals surface area contributed by atoms with Gasteiger partial charge in [-0.1, -0.05) is 54.6 Å². The van der Waals surface area contributed by atoms with E-state index in [1.54, 1.807) is 13.0 Å². The summed E-state index contributed by atoms with van der Waals surface area (Å²) in [4.78, 5) is 19.9. The fraction of sp³-hybridized carbons (Fsp3) is 0.379. The van der Waals surface area contributed by atoms with Gasteiger partial charge in [-0.2, -0.15) is 0 Å². The van der Waals surface area contributed by atoms with Gasteiger partial charge in [-0.25, -0.2) is 13.4 Å². The lowest BCUT2D eigenvalue weighted by Gasteiger charge is -2.27. The fourth-order valence-electron chi connectivity index (χ4n) is 4.55. The Morgan fingerprint density at radius 1 is 1.03 bits per heavy atom. The van der Waals surface area contributed by atoms with Crippen LogP contribution < -0.4 is 14.9 Å². The van der Waals surface area contributed by atoms with Gasteiger partial charge in [-0.15, -0.1) is 0 Å². The molecule has 38 heavy (non-hydrogen) atoms. The fourth-order valence-corrected chi connectivity index (χ4v) is 4.98. The molecule has 4 bridgehead atoms. The van der Waals surface area contributed by atoms with Gasteiger partial charge >= 0.3 is 5.97 Å². The number of rotatable bonds is 4. The molecule has 8 nitrogen and oxygen atoms in total. The smallest absolute Gasteiger partial charge is 0.326 e. The Labute approximate surface area is 225 Å². The van der Waals surface area contributed by atoms with Gasteiger partial charge in [0.05, 0.1) is 6.26 Å². The van der Waals surface area contributed by atoms with E-state index in [-0.39, 0.29) is 12.4 Å². The Bertz CT molecular complexity index is 1380. The third-order valence-corrected chi connectivity index (χ3v) is 7.94. The van der Waals surface area contributed by atoms with Crippen molar-refractivity contribution in [1.29, 1.82) is 0 Å². The minimum absolute atomic E-state index is 0.0506. The highest BCUT2D eigenvalue weighted by molar-refractivity contribution is 7.92. The first-order chi connectivity index (χ1) is 18.0. The summed E-state index contributed by atoms with van der Waals surface area (Å²) in [6.07, 6.45) is 4.27. The lowest BCUT2D eigenvalue weighted by molar-refractivity contribution is -0.150. The van der Waals surface area contributed by atoms with Crippen molar-refractivity contribution in [3.05, 3.63) is 89.0 Å². The number of ether oxygens (including phenoxy) is 1. The largest absolute Gasteiger partial charge is 0.459 e. The SMILES string of the molecule is CN(c1cc2cc(n1)N(Cc1ccccc1)CCCCc1cccc(c1)C[C@@](C)(N)C(=O)OC2)S(C)(=O)=O. The number of hydrogen-bond acceptors (Lipinski definition) is 7. The molecular weight excluding hydrogens is 500 g/mol. The van der Waals surface area contributed by atoms with E-state index in [4.69, 9.17) is 15.5 Å². The maximum atomic E-state index is 13.0. The van der Waals surface area contributed by atoms with E-state index in [2.05, 4.69) is 29.2 Å².